The summed E-state index contributed by atoms with van der Waals surface area (Å²) in [6.07, 6.45) is 6.72. The van der Waals surface area contributed by atoms with Crippen LogP contribution < -0.4 is 5.32 Å². The van der Waals surface area contributed by atoms with E-state index in [1.807, 2.05) is 12.1 Å². The van der Waals surface area contributed by atoms with E-state index >= 15 is 0 Å². The standard InChI is InChI=1S/C13H18N2O/c1-13(2,3)10-15-12(16)5-4-11-6-8-14-9-7-11/h4-9H,10H2,1-3H3,(H,15,16)/b5-4+. The fourth-order valence-corrected chi connectivity index (χ4v) is 1.06. The fraction of sp³-hybridized carbons (Fsp3) is 0.385. The molecule has 3 nitrogen and oxygen atoms in total. The summed E-state index contributed by atoms with van der Waals surface area (Å²) in [4.78, 5) is 15.4. The summed E-state index contributed by atoms with van der Waals surface area (Å²) in [6, 6.07) is 3.71. The molecule has 0 spiro atoms. The number of hydrogen-bond donors (Lipinski definition) is 1. The van der Waals surface area contributed by atoms with E-state index in [1.54, 1.807) is 24.5 Å². The SMILES string of the molecule is CC(C)(C)CNC(=O)/C=C/c1ccncc1. The summed E-state index contributed by atoms with van der Waals surface area (Å²) in [5.41, 5.74) is 1.08. The summed E-state index contributed by atoms with van der Waals surface area (Å²) in [6.45, 7) is 6.92. The summed E-state index contributed by atoms with van der Waals surface area (Å²) in [7, 11) is 0. The van der Waals surface area contributed by atoms with E-state index in [9.17, 15) is 4.79 Å². The molecule has 0 radical (unpaired) electrons. The van der Waals surface area contributed by atoms with Gasteiger partial charge in [-0.2, -0.15) is 0 Å². The molecule has 0 unspecified atom stereocenters. The fourth-order valence-electron chi connectivity index (χ4n) is 1.06. The first-order chi connectivity index (χ1) is 7.47. The molecule has 0 saturated carbocycles. The van der Waals surface area contributed by atoms with E-state index in [2.05, 4.69) is 31.1 Å². The maximum absolute atomic E-state index is 11.4. The number of carbonyl (C=O) groups is 1. The van der Waals surface area contributed by atoms with Gasteiger partial charge in [0.25, 0.3) is 0 Å². The first-order valence-corrected chi connectivity index (χ1v) is 5.33. The van der Waals surface area contributed by atoms with Crippen LogP contribution in [0.4, 0.5) is 0 Å². The molecule has 0 saturated heterocycles. The van der Waals surface area contributed by atoms with Crippen LogP contribution in [0.5, 0.6) is 0 Å². The number of amides is 1. The van der Waals surface area contributed by atoms with Crippen molar-refractivity contribution < 1.29 is 4.79 Å². The molecule has 0 bridgehead atoms. The first kappa shape index (κ1) is 12.4. The van der Waals surface area contributed by atoms with Crippen molar-refractivity contribution in [2.24, 2.45) is 5.41 Å². The van der Waals surface area contributed by atoms with Gasteiger partial charge in [0.2, 0.25) is 5.91 Å². The molecule has 1 rings (SSSR count). The maximum atomic E-state index is 11.4. The maximum Gasteiger partial charge on any atom is 0.244 e. The van der Waals surface area contributed by atoms with Gasteiger partial charge in [-0.1, -0.05) is 20.8 Å². The Morgan fingerprint density at radius 2 is 2.00 bits per heavy atom. The Labute approximate surface area is 96.6 Å². The van der Waals surface area contributed by atoms with Gasteiger partial charge in [0, 0.05) is 25.0 Å². The molecule has 3 heteroatoms. The monoisotopic (exact) mass is 218 g/mol. The Morgan fingerprint density at radius 3 is 2.56 bits per heavy atom. The Bertz CT molecular complexity index is 363. The van der Waals surface area contributed by atoms with Gasteiger partial charge in [-0.3, -0.25) is 9.78 Å². The van der Waals surface area contributed by atoms with Gasteiger partial charge < -0.3 is 5.32 Å². The molecule has 0 atom stereocenters. The Balaban J connectivity index is 2.43. The molecular formula is C13H18N2O. The minimum Gasteiger partial charge on any atom is -0.352 e. The van der Waals surface area contributed by atoms with Gasteiger partial charge in [-0.05, 0) is 29.2 Å². The van der Waals surface area contributed by atoms with Gasteiger partial charge in [-0.15, -0.1) is 0 Å². The second-order valence-electron chi connectivity index (χ2n) is 4.89. The number of pyridine rings is 1. The van der Waals surface area contributed by atoms with Gasteiger partial charge in [0.15, 0.2) is 0 Å². The van der Waals surface area contributed by atoms with E-state index in [4.69, 9.17) is 0 Å². The molecule has 86 valence electrons. The van der Waals surface area contributed by atoms with Crippen molar-refractivity contribution in [1.29, 1.82) is 0 Å². The zero-order valence-corrected chi connectivity index (χ0v) is 10.0. The highest BCUT2D eigenvalue weighted by Crippen LogP contribution is 2.10. The number of hydrogen-bond acceptors (Lipinski definition) is 2. The lowest BCUT2D eigenvalue weighted by atomic mass is 9.97. The van der Waals surface area contributed by atoms with E-state index in [0.717, 1.165) is 5.56 Å². The van der Waals surface area contributed by atoms with E-state index < -0.39 is 0 Å². The second-order valence-corrected chi connectivity index (χ2v) is 4.89. The van der Waals surface area contributed by atoms with Gasteiger partial charge in [-0.25, -0.2) is 0 Å². The highest BCUT2D eigenvalue weighted by Gasteiger charge is 2.10. The number of aromatic nitrogens is 1. The molecule has 1 N–H and O–H groups in total. The van der Waals surface area contributed by atoms with Crippen LogP contribution in [0.15, 0.2) is 30.6 Å². The molecule has 0 fully saturated rings. The molecule has 0 aliphatic rings. The van der Waals surface area contributed by atoms with Crippen molar-refractivity contribution in [3.8, 4) is 0 Å². The molecule has 1 aromatic heterocycles. The van der Waals surface area contributed by atoms with E-state index in [0.29, 0.717) is 6.54 Å². The Kier molecular flexibility index (Phi) is 4.23. The highest BCUT2D eigenvalue weighted by atomic mass is 16.1. The van der Waals surface area contributed by atoms with Crippen molar-refractivity contribution in [3.05, 3.63) is 36.2 Å². The highest BCUT2D eigenvalue weighted by molar-refractivity contribution is 5.91. The van der Waals surface area contributed by atoms with Gasteiger partial charge in [0.1, 0.15) is 0 Å². The second kappa shape index (κ2) is 5.45. The van der Waals surface area contributed by atoms with Crippen LogP contribution in [0.25, 0.3) is 6.08 Å². The predicted molar refractivity (Wildman–Crippen MR) is 65.7 cm³/mol. The predicted octanol–water partition coefficient (Wildman–Crippen LogP) is 2.26. The molecular weight excluding hydrogens is 200 g/mol. The van der Waals surface area contributed by atoms with E-state index in [-0.39, 0.29) is 11.3 Å². The lowest BCUT2D eigenvalue weighted by molar-refractivity contribution is -0.116. The summed E-state index contributed by atoms with van der Waals surface area (Å²) in [5, 5.41) is 2.85. The quantitative estimate of drug-likeness (QED) is 0.791. The minimum atomic E-state index is -0.0632. The lowest BCUT2D eigenvalue weighted by Crippen LogP contribution is -2.30. The Hall–Kier alpha value is -1.64. The normalized spacial score (nSPS) is 11.7. The zero-order valence-electron chi connectivity index (χ0n) is 10.0. The molecule has 0 aromatic carbocycles. The third kappa shape index (κ3) is 5.29. The molecule has 1 aromatic rings. The largest absolute Gasteiger partial charge is 0.352 e. The third-order valence-electron chi connectivity index (χ3n) is 1.93. The number of nitrogens with zero attached hydrogens (tertiary/aromatic N) is 1. The van der Waals surface area contributed by atoms with E-state index in [1.165, 1.54) is 0 Å². The van der Waals surface area contributed by atoms with Crippen molar-refractivity contribution in [2.45, 2.75) is 20.8 Å². The number of rotatable bonds is 3. The van der Waals surface area contributed by atoms with Crippen LogP contribution in [0.1, 0.15) is 26.3 Å². The average molecular weight is 218 g/mol. The van der Waals surface area contributed by atoms with Crippen LogP contribution in [0, 0.1) is 5.41 Å². The van der Waals surface area contributed by atoms with Crippen molar-refractivity contribution in [3.63, 3.8) is 0 Å². The summed E-state index contributed by atoms with van der Waals surface area (Å²) in [5.74, 6) is -0.0632. The van der Waals surface area contributed by atoms with Crippen LogP contribution in [-0.4, -0.2) is 17.4 Å². The Morgan fingerprint density at radius 1 is 1.38 bits per heavy atom. The van der Waals surface area contributed by atoms with Gasteiger partial charge in [0.05, 0.1) is 0 Å². The van der Waals surface area contributed by atoms with Crippen LogP contribution in [-0.2, 0) is 4.79 Å². The van der Waals surface area contributed by atoms with Gasteiger partial charge >= 0.3 is 0 Å². The lowest BCUT2D eigenvalue weighted by Gasteiger charge is -2.17. The smallest absolute Gasteiger partial charge is 0.244 e. The van der Waals surface area contributed by atoms with Crippen molar-refractivity contribution in [2.75, 3.05) is 6.54 Å². The number of carbonyl (C=O) groups excluding carboxylic acids is 1. The molecule has 16 heavy (non-hydrogen) atoms. The van der Waals surface area contributed by atoms with Crippen molar-refractivity contribution in [1.82, 2.24) is 10.3 Å². The van der Waals surface area contributed by atoms with Crippen LogP contribution in [0.2, 0.25) is 0 Å². The van der Waals surface area contributed by atoms with Crippen molar-refractivity contribution >= 4 is 12.0 Å². The number of nitrogens with one attached hydrogen (secondary N) is 1. The summed E-state index contributed by atoms with van der Waals surface area (Å²) < 4.78 is 0. The molecule has 0 aliphatic heterocycles. The summed E-state index contributed by atoms with van der Waals surface area (Å²) >= 11 is 0. The molecule has 0 aliphatic carbocycles. The zero-order chi connectivity index (χ0) is 12.0. The third-order valence-corrected chi connectivity index (χ3v) is 1.93. The first-order valence-electron chi connectivity index (χ1n) is 5.33. The topological polar surface area (TPSA) is 42.0 Å². The average Bonchev–Trinajstić information content (AvgIpc) is 2.24. The van der Waals surface area contributed by atoms with Crippen LogP contribution in [0.3, 0.4) is 0 Å². The molecule has 1 heterocycles. The molecule has 1 amide bonds. The minimum absolute atomic E-state index is 0.0632. The van der Waals surface area contributed by atoms with Crippen LogP contribution >= 0.6 is 0 Å².